The minimum absolute atomic E-state index is 0.103. The third kappa shape index (κ3) is 11.8. The van der Waals surface area contributed by atoms with Gasteiger partial charge in [0.05, 0.1) is 12.0 Å². The Morgan fingerprint density at radius 2 is 1.67 bits per heavy atom. The van der Waals surface area contributed by atoms with Crippen LogP contribution < -0.4 is 10.6 Å². The third-order valence-corrected chi connectivity index (χ3v) is 7.83. The van der Waals surface area contributed by atoms with Gasteiger partial charge in [-0.2, -0.15) is 0 Å². The summed E-state index contributed by atoms with van der Waals surface area (Å²) >= 11 is 0. The summed E-state index contributed by atoms with van der Waals surface area (Å²) in [7, 11) is 0. The molecule has 1 aliphatic heterocycles. The van der Waals surface area contributed by atoms with Crippen LogP contribution >= 0.6 is 0 Å². The zero-order chi connectivity index (χ0) is 33.4. The van der Waals surface area contributed by atoms with E-state index in [-0.39, 0.29) is 24.0 Å². The molecule has 1 fully saturated rings. The maximum atomic E-state index is 13.9. The number of benzene rings is 2. The van der Waals surface area contributed by atoms with E-state index in [1.165, 1.54) is 5.39 Å². The normalized spacial score (nSPS) is 19.0. The molecule has 2 N–H and O–H groups in total. The molecule has 45 heavy (non-hydrogen) atoms. The molecule has 0 aliphatic carbocycles. The van der Waals surface area contributed by atoms with E-state index in [2.05, 4.69) is 66.6 Å². The molecule has 0 bridgehead atoms. The van der Waals surface area contributed by atoms with E-state index in [9.17, 15) is 14.4 Å². The summed E-state index contributed by atoms with van der Waals surface area (Å²) in [4.78, 5) is 42.8. The highest BCUT2D eigenvalue weighted by Crippen LogP contribution is 2.29. The molecule has 0 spiro atoms. The number of piperazine rings is 1. The van der Waals surface area contributed by atoms with E-state index in [0.29, 0.717) is 32.0 Å². The predicted molar refractivity (Wildman–Crippen MR) is 180 cm³/mol. The molecule has 0 saturated carbocycles. The summed E-state index contributed by atoms with van der Waals surface area (Å²) in [5.74, 6) is 0.588. The first kappa shape index (κ1) is 36.1. The van der Waals surface area contributed by atoms with E-state index < -0.39 is 23.4 Å². The van der Waals surface area contributed by atoms with Gasteiger partial charge in [-0.15, -0.1) is 0 Å². The van der Waals surface area contributed by atoms with Gasteiger partial charge in [-0.3, -0.25) is 4.79 Å². The fourth-order valence-corrected chi connectivity index (χ4v) is 6.00. The molecule has 3 rings (SSSR count). The molecule has 2 aromatic rings. The predicted octanol–water partition coefficient (Wildman–Crippen LogP) is 6.53. The SMILES string of the molecule is CC(C)C[C@@]1(C)CNC(CCCN(CCNC(=O)OC(C)(C)C)C(=O)OC(C)(C)C)CN1C(=O)Cc1ccc2ccccc2c1. The maximum absolute atomic E-state index is 13.9. The van der Waals surface area contributed by atoms with E-state index in [1.807, 2.05) is 53.7 Å². The second-order valence-corrected chi connectivity index (χ2v) is 15.1. The molecule has 1 unspecified atom stereocenters. The van der Waals surface area contributed by atoms with Crippen LogP contribution in [-0.4, -0.2) is 83.4 Å². The Labute approximate surface area is 270 Å². The monoisotopic (exact) mass is 624 g/mol. The van der Waals surface area contributed by atoms with Gasteiger partial charge in [0.25, 0.3) is 0 Å². The van der Waals surface area contributed by atoms with E-state index >= 15 is 0 Å². The zero-order valence-electron chi connectivity index (χ0n) is 29.0. The van der Waals surface area contributed by atoms with Crippen molar-refractivity contribution < 1.29 is 23.9 Å². The van der Waals surface area contributed by atoms with Gasteiger partial charge in [0.2, 0.25) is 5.91 Å². The van der Waals surface area contributed by atoms with E-state index in [4.69, 9.17) is 9.47 Å². The van der Waals surface area contributed by atoms with Crippen molar-refractivity contribution in [2.45, 2.75) is 111 Å². The summed E-state index contributed by atoms with van der Waals surface area (Å²) in [6.07, 6.45) is 1.85. The van der Waals surface area contributed by atoms with Gasteiger partial charge in [-0.1, -0.05) is 56.3 Å². The van der Waals surface area contributed by atoms with Crippen LogP contribution in [0, 0.1) is 5.92 Å². The highest BCUT2D eigenvalue weighted by molar-refractivity contribution is 5.85. The van der Waals surface area contributed by atoms with Crippen molar-refractivity contribution in [1.29, 1.82) is 0 Å². The third-order valence-electron chi connectivity index (χ3n) is 7.83. The largest absolute Gasteiger partial charge is 0.444 e. The number of nitrogens with zero attached hydrogens (tertiary/aromatic N) is 2. The number of hydrogen-bond donors (Lipinski definition) is 2. The quantitative estimate of drug-likeness (QED) is 0.295. The van der Waals surface area contributed by atoms with Crippen molar-refractivity contribution >= 4 is 28.9 Å². The smallest absolute Gasteiger partial charge is 0.410 e. The Morgan fingerprint density at radius 1 is 1.00 bits per heavy atom. The van der Waals surface area contributed by atoms with Crippen LogP contribution in [-0.2, 0) is 20.7 Å². The molecule has 0 radical (unpaired) electrons. The second kappa shape index (κ2) is 15.3. The van der Waals surface area contributed by atoms with Gasteiger partial charge in [0.1, 0.15) is 11.2 Å². The van der Waals surface area contributed by atoms with Crippen LogP contribution in [0.2, 0.25) is 0 Å². The van der Waals surface area contributed by atoms with Crippen LogP contribution in [0.1, 0.15) is 87.1 Å². The van der Waals surface area contributed by atoms with Gasteiger partial charge in [-0.25, -0.2) is 9.59 Å². The van der Waals surface area contributed by atoms with Crippen LogP contribution in [0.5, 0.6) is 0 Å². The molecular formula is C36H56N4O5. The zero-order valence-corrected chi connectivity index (χ0v) is 29.0. The van der Waals surface area contributed by atoms with Gasteiger partial charge in [0.15, 0.2) is 0 Å². The average molecular weight is 625 g/mol. The lowest BCUT2D eigenvalue weighted by atomic mass is 9.85. The van der Waals surface area contributed by atoms with Crippen LogP contribution in [0.3, 0.4) is 0 Å². The van der Waals surface area contributed by atoms with E-state index in [1.54, 1.807) is 4.90 Å². The van der Waals surface area contributed by atoms with Crippen molar-refractivity contribution in [2.75, 3.05) is 32.7 Å². The lowest BCUT2D eigenvalue weighted by Crippen LogP contribution is -2.65. The Kier molecular flexibility index (Phi) is 12.3. The summed E-state index contributed by atoms with van der Waals surface area (Å²) in [5.41, 5.74) is -0.494. The molecule has 9 heteroatoms. The molecule has 0 aromatic heterocycles. The molecular weight excluding hydrogens is 568 g/mol. The van der Waals surface area contributed by atoms with Crippen molar-refractivity contribution in [1.82, 2.24) is 20.4 Å². The molecule has 2 aromatic carbocycles. The molecule has 1 aliphatic rings. The summed E-state index contributed by atoms with van der Waals surface area (Å²) in [6.45, 7) is 19.9. The van der Waals surface area contributed by atoms with Gasteiger partial charge in [0, 0.05) is 38.8 Å². The Balaban J connectivity index is 1.64. The minimum atomic E-state index is -0.633. The number of carbonyl (C=O) groups is 3. The molecule has 1 saturated heterocycles. The van der Waals surface area contributed by atoms with Gasteiger partial charge in [-0.05, 0) is 90.0 Å². The molecule has 3 amide bonds. The fraction of sp³-hybridized carbons (Fsp3) is 0.639. The maximum Gasteiger partial charge on any atom is 0.410 e. The van der Waals surface area contributed by atoms with Gasteiger partial charge < -0.3 is 29.9 Å². The first-order valence-corrected chi connectivity index (χ1v) is 16.4. The number of alkyl carbamates (subject to hydrolysis) is 1. The Bertz CT molecular complexity index is 1300. The number of fused-ring (bicyclic) bond motifs is 1. The highest BCUT2D eigenvalue weighted by atomic mass is 16.6. The summed E-state index contributed by atoms with van der Waals surface area (Å²) in [6, 6.07) is 14.6. The van der Waals surface area contributed by atoms with Gasteiger partial charge >= 0.3 is 12.2 Å². The standard InChI is InChI=1S/C36H56N4O5/c1-26(2)23-36(9)25-38-30(24-40(36)31(41)22-27-16-17-28-13-10-11-14-29(28)21-27)15-12-19-39(33(43)45-35(6,7)8)20-18-37-32(42)44-34(3,4)5/h10-11,13-14,16-17,21,26,30,38H,12,15,18-20,22-25H2,1-9H3,(H,37,42)/t30?,36-/m0/s1. The lowest BCUT2D eigenvalue weighted by molar-refractivity contribution is -0.139. The molecule has 250 valence electrons. The summed E-state index contributed by atoms with van der Waals surface area (Å²) in [5, 5.41) is 8.75. The summed E-state index contributed by atoms with van der Waals surface area (Å²) < 4.78 is 11.0. The molecule has 2 atom stereocenters. The minimum Gasteiger partial charge on any atom is -0.444 e. The second-order valence-electron chi connectivity index (χ2n) is 15.1. The van der Waals surface area contributed by atoms with E-state index in [0.717, 1.165) is 36.8 Å². The molecule has 9 nitrogen and oxygen atoms in total. The average Bonchev–Trinajstić information content (AvgIpc) is 2.90. The number of rotatable bonds is 11. The highest BCUT2D eigenvalue weighted by Gasteiger charge is 2.40. The first-order valence-electron chi connectivity index (χ1n) is 16.4. The first-order chi connectivity index (χ1) is 20.9. The topological polar surface area (TPSA) is 100 Å². The number of carbonyl (C=O) groups excluding carboxylic acids is 3. The van der Waals surface area contributed by atoms with Crippen LogP contribution in [0.15, 0.2) is 42.5 Å². The Hall–Kier alpha value is -3.33. The number of amides is 3. The van der Waals surface area contributed by atoms with Crippen molar-refractivity contribution in [3.8, 4) is 0 Å². The number of ether oxygens (including phenoxy) is 2. The lowest BCUT2D eigenvalue weighted by Gasteiger charge is -2.49. The number of nitrogens with one attached hydrogen (secondary N) is 2. The molecule has 1 heterocycles. The number of hydrogen-bond acceptors (Lipinski definition) is 6. The Morgan fingerprint density at radius 3 is 2.31 bits per heavy atom. The van der Waals surface area contributed by atoms with Crippen molar-refractivity contribution in [2.24, 2.45) is 5.92 Å². The fourth-order valence-electron chi connectivity index (χ4n) is 6.00. The van der Waals surface area contributed by atoms with Crippen LogP contribution in [0.4, 0.5) is 9.59 Å². The van der Waals surface area contributed by atoms with Crippen LogP contribution in [0.25, 0.3) is 10.8 Å². The van der Waals surface area contributed by atoms with Crippen molar-refractivity contribution in [3.63, 3.8) is 0 Å². The van der Waals surface area contributed by atoms with Crippen molar-refractivity contribution in [3.05, 3.63) is 48.0 Å².